The van der Waals surface area contributed by atoms with Crippen LogP contribution in [0.15, 0.2) is 48.5 Å². The maximum absolute atomic E-state index is 12.7. The van der Waals surface area contributed by atoms with Crippen molar-refractivity contribution in [2.75, 3.05) is 18.1 Å². The molecule has 25 heavy (non-hydrogen) atoms. The summed E-state index contributed by atoms with van der Waals surface area (Å²) >= 11 is 0. The molecule has 2 aliphatic rings. The fraction of sp³-hybridized carbons (Fsp3) is 0.300. The van der Waals surface area contributed by atoms with Crippen molar-refractivity contribution in [1.29, 1.82) is 0 Å². The molecule has 5 heteroatoms. The number of nitrogens with one attached hydrogen (secondary N) is 1. The lowest BCUT2D eigenvalue weighted by molar-refractivity contribution is -0.117. The molecule has 2 amide bonds. The van der Waals surface area contributed by atoms with E-state index in [9.17, 15) is 9.59 Å². The minimum Gasteiger partial charge on any atom is -0.493 e. The summed E-state index contributed by atoms with van der Waals surface area (Å²) in [6.07, 6.45) is 2.19. The number of carbonyl (C=O) groups excluding carboxylic acids is 2. The van der Waals surface area contributed by atoms with Gasteiger partial charge in [0.05, 0.1) is 12.6 Å². The van der Waals surface area contributed by atoms with Crippen molar-refractivity contribution in [3.8, 4) is 5.75 Å². The van der Waals surface area contributed by atoms with Gasteiger partial charge in [0.1, 0.15) is 5.75 Å². The zero-order valence-corrected chi connectivity index (χ0v) is 13.9. The number of hydrogen-bond acceptors (Lipinski definition) is 3. The van der Waals surface area contributed by atoms with Crippen molar-refractivity contribution < 1.29 is 14.3 Å². The Bertz CT molecular complexity index is 818. The molecule has 2 heterocycles. The van der Waals surface area contributed by atoms with Gasteiger partial charge >= 0.3 is 0 Å². The largest absolute Gasteiger partial charge is 0.493 e. The fourth-order valence-electron chi connectivity index (χ4n) is 3.47. The van der Waals surface area contributed by atoms with Gasteiger partial charge < -0.3 is 15.0 Å². The van der Waals surface area contributed by atoms with E-state index in [-0.39, 0.29) is 17.9 Å². The molecule has 1 saturated heterocycles. The second kappa shape index (κ2) is 6.59. The van der Waals surface area contributed by atoms with E-state index < -0.39 is 0 Å². The summed E-state index contributed by atoms with van der Waals surface area (Å²) in [5, 5.41) is 3.10. The van der Waals surface area contributed by atoms with Gasteiger partial charge in [-0.25, -0.2) is 0 Å². The maximum Gasteiger partial charge on any atom is 0.251 e. The highest BCUT2D eigenvalue weighted by Crippen LogP contribution is 2.32. The Morgan fingerprint density at radius 2 is 2.04 bits per heavy atom. The highest BCUT2D eigenvalue weighted by Gasteiger charge is 2.25. The SMILES string of the molecule is O=C(NC1CCOc2ccccc21)c1cccc(N2CCCC2=O)c1. The third kappa shape index (κ3) is 3.09. The van der Waals surface area contributed by atoms with Gasteiger partial charge in [-0.15, -0.1) is 0 Å². The average Bonchev–Trinajstić information content (AvgIpc) is 3.08. The van der Waals surface area contributed by atoms with E-state index in [1.54, 1.807) is 17.0 Å². The molecular formula is C20H20N2O3. The molecule has 128 valence electrons. The van der Waals surface area contributed by atoms with Gasteiger partial charge in [-0.3, -0.25) is 9.59 Å². The lowest BCUT2D eigenvalue weighted by Crippen LogP contribution is -2.32. The molecule has 1 N–H and O–H groups in total. The third-order valence-corrected chi connectivity index (χ3v) is 4.76. The molecule has 0 aromatic heterocycles. The first-order valence-electron chi connectivity index (χ1n) is 8.65. The normalized spacial score (nSPS) is 19.3. The Hall–Kier alpha value is -2.82. The van der Waals surface area contributed by atoms with Crippen LogP contribution in [0.4, 0.5) is 5.69 Å². The van der Waals surface area contributed by atoms with Crippen LogP contribution in [0.1, 0.15) is 41.2 Å². The Morgan fingerprint density at radius 3 is 2.88 bits per heavy atom. The molecule has 0 aliphatic carbocycles. The molecule has 1 fully saturated rings. The lowest BCUT2D eigenvalue weighted by Gasteiger charge is -2.26. The molecule has 0 spiro atoms. The van der Waals surface area contributed by atoms with Gasteiger partial charge in [0.15, 0.2) is 0 Å². The van der Waals surface area contributed by atoms with Crippen LogP contribution in [0, 0.1) is 0 Å². The maximum atomic E-state index is 12.7. The first kappa shape index (κ1) is 15.7. The van der Waals surface area contributed by atoms with Gasteiger partial charge in [0.2, 0.25) is 5.91 Å². The number of hydrogen-bond donors (Lipinski definition) is 1. The van der Waals surface area contributed by atoms with Crippen molar-refractivity contribution in [3.05, 3.63) is 59.7 Å². The molecule has 0 saturated carbocycles. The Balaban J connectivity index is 1.53. The molecule has 2 aromatic rings. The van der Waals surface area contributed by atoms with E-state index in [4.69, 9.17) is 4.74 Å². The molecule has 1 atom stereocenters. The number of fused-ring (bicyclic) bond motifs is 1. The van der Waals surface area contributed by atoms with Crippen LogP contribution < -0.4 is 15.0 Å². The van der Waals surface area contributed by atoms with Gasteiger partial charge in [-0.05, 0) is 30.7 Å². The standard InChI is InChI=1S/C20H20N2O3/c23-19-9-4-11-22(19)15-6-3-5-14(13-15)20(24)21-17-10-12-25-18-8-2-1-7-16(17)18/h1-3,5-8,13,17H,4,9-12H2,(H,21,24). The van der Waals surface area contributed by atoms with Crippen molar-refractivity contribution in [1.82, 2.24) is 5.32 Å². The topological polar surface area (TPSA) is 58.6 Å². The first-order chi connectivity index (χ1) is 12.2. The number of ether oxygens (including phenoxy) is 1. The van der Waals surface area contributed by atoms with E-state index in [1.807, 2.05) is 36.4 Å². The smallest absolute Gasteiger partial charge is 0.251 e. The van der Waals surface area contributed by atoms with Crippen LogP contribution in [0.5, 0.6) is 5.75 Å². The highest BCUT2D eigenvalue weighted by atomic mass is 16.5. The summed E-state index contributed by atoms with van der Waals surface area (Å²) in [7, 11) is 0. The number of amides is 2. The molecule has 1 unspecified atom stereocenters. The second-order valence-electron chi connectivity index (χ2n) is 6.40. The molecular weight excluding hydrogens is 316 g/mol. The molecule has 0 radical (unpaired) electrons. The number of carbonyl (C=O) groups is 2. The van der Waals surface area contributed by atoms with E-state index in [0.29, 0.717) is 18.6 Å². The Morgan fingerprint density at radius 1 is 1.16 bits per heavy atom. The average molecular weight is 336 g/mol. The van der Waals surface area contributed by atoms with Crippen molar-refractivity contribution in [3.63, 3.8) is 0 Å². The highest BCUT2D eigenvalue weighted by molar-refractivity contribution is 5.99. The van der Waals surface area contributed by atoms with Gasteiger partial charge in [-0.1, -0.05) is 24.3 Å². The van der Waals surface area contributed by atoms with E-state index in [1.165, 1.54) is 0 Å². The summed E-state index contributed by atoms with van der Waals surface area (Å²) < 4.78 is 5.64. The van der Waals surface area contributed by atoms with Crippen LogP contribution in [0.25, 0.3) is 0 Å². The summed E-state index contributed by atoms with van der Waals surface area (Å²) in [5.74, 6) is 0.821. The van der Waals surface area contributed by atoms with Crippen LogP contribution in [0.2, 0.25) is 0 Å². The van der Waals surface area contributed by atoms with Crippen molar-refractivity contribution in [2.24, 2.45) is 0 Å². The monoisotopic (exact) mass is 336 g/mol. The summed E-state index contributed by atoms with van der Waals surface area (Å²) in [6.45, 7) is 1.31. The van der Waals surface area contributed by atoms with Gasteiger partial charge in [0.25, 0.3) is 5.91 Å². The Labute approximate surface area is 146 Å². The minimum absolute atomic E-state index is 0.0606. The lowest BCUT2D eigenvalue weighted by atomic mass is 10.00. The fourth-order valence-corrected chi connectivity index (χ4v) is 3.47. The predicted octanol–water partition coefficient (Wildman–Crippen LogP) is 3.07. The second-order valence-corrected chi connectivity index (χ2v) is 6.40. The molecule has 0 bridgehead atoms. The molecule has 4 rings (SSSR count). The summed E-state index contributed by atoms with van der Waals surface area (Å²) in [6, 6.07) is 15.0. The Kier molecular flexibility index (Phi) is 4.14. The van der Waals surface area contributed by atoms with E-state index in [2.05, 4.69) is 5.32 Å². The minimum atomic E-state index is -0.129. The quantitative estimate of drug-likeness (QED) is 0.937. The number of benzene rings is 2. The van der Waals surface area contributed by atoms with Crippen LogP contribution in [-0.4, -0.2) is 25.0 Å². The molecule has 2 aliphatic heterocycles. The number of nitrogens with zero attached hydrogens (tertiary/aromatic N) is 1. The van der Waals surface area contributed by atoms with Crippen LogP contribution >= 0.6 is 0 Å². The van der Waals surface area contributed by atoms with Crippen molar-refractivity contribution in [2.45, 2.75) is 25.3 Å². The van der Waals surface area contributed by atoms with Crippen LogP contribution in [-0.2, 0) is 4.79 Å². The van der Waals surface area contributed by atoms with E-state index in [0.717, 1.165) is 36.4 Å². The number of para-hydroxylation sites is 1. The van der Waals surface area contributed by atoms with E-state index >= 15 is 0 Å². The summed E-state index contributed by atoms with van der Waals surface area (Å²) in [5.41, 5.74) is 2.37. The van der Waals surface area contributed by atoms with Crippen molar-refractivity contribution >= 4 is 17.5 Å². The third-order valence-electron chi connectivity index (χ3n) is 4.76. The van der Waals surface area contributed by atoms with Gasteiger partial charge in [0, 0.05) is 36.2 Å². The number of rotatable bonds is 3. The number of anilines is 1. The zero-order chi connectivity index (χ0) is 17.2. The molecule has 2 aromatic carbocycles. The van der Waals surface area contributed by atoms with Gasteiger partial charge in [-0.2, -0.15) is 0 Å². The van der Waals surface area contributed by atoms with Crippen LogP contribution in [0.3, 0.4) is 0 Å². The first-order valence-corrected chi connectivity index (χ1v) is 8.65. The predicted molar refractivity (Wildman–Crippen MR) is 94.8 cm³/mol. The zero-order valence-electron chi connectivity index (χ0n) is 13.9. The summed E-state index contributed by atoms with van der Waals surface area (Å²) in [4.78, 5) is 26.4. The molecule has 5 nitrogen and oxygen atoms in total.